The molecule has 1 aliphatic carbocycles. The van der Waals surface area contributed by atoms with E-state index in [4.69, 9.17) is 5.26 Å². The fraction of sp³-hybridized carbons (Fsp3) is 0.267. The summed E-state index contributed by atoms with van der Waals surface area (Å²) in [5, 5.41) is 19.9. The van der Waals surface area contributed by atoms with E-state index in [1.165, 1.54) is 19.3 Å². The van der Waals surface area contributed by atoms with Crippen molar-refractivity contribution in [1.82, 2.24) is 20.1 Å². The number of carbonyl (C=O) groups excluding carboxylic acids is 1. The molecule has 4 aromatic rings. The first-order valence-corrected chi connectivity index (χ1v) is 12.7. The number of nitriles is 1. The van der Waals surface area contributed by atoms with E-state index in [0.29, 0.717) is 24.0 Å². The Morgan fingerprint density at radius 2 is 1.81 bits per heavy atom. The van der Waals surface area contributed by atoms with E-state index >= 15 is 0 Å². The van der Waals surface area contributed by atoms with Gasteiger partial charge in [0.25, 0.3) is 0 Å². The fourth-order valence-electron chi connectivity index (χ4n) is 4.48. The molecule has 2 N–H and O–H groups in total. The van der Waals surface area contributed by atoms with E-state index in [-0.39, 0.29) is 11.8 Å². The summed E-state index contributed by atoms with van der Waals surface area (Å²) in [6.45, 7) is 2.69. The first-order chi connectivity index (χ1) is 18.1. The number of nitrogens with zero attached hydrogens (tertiary/aromatic N) is 4. The lowest BCUT2D eigenvalue weighted by Gasteiger charge is -2.25. The topological polar surface area (TPSA) is 95.6 Å². The molecule has 5 rings (SSSR count). The molecule has 1 aliphatic rings. The molecule has 2 aromatic heterocycles. The Kier molecular flexibility index (Phi) is 7.38. The number of hydrogen-bond donors (Lipinski definition) is 2. The van der Waals surface area contributed by atoms with Crippen LogP contribution in [-0.4, -0.2) is 27.2 Å². The number of rotatable bonds is 9. The molecule has 0 unspecified atom stereocenters. The van der Waals surface area contributed by atoms with Gasteiger partial charge in [-0.2, -0.15) is 10.4 Å². The molecule has 0 radical (unpaired) electrons. The fourth-order valence-corrected chi connectivity index (χ4v) is 4.48. The average molecular weight is 491 g/mol. The van der Waals surface area contributed by atoms with Crippen molar-refractivity contribution in [2.75, 3.05) is 11.9 Å². The standard InChI is InChI=1S/C30H30N6O/c1-21(23-12-10-22(16-31)11-13-23)17-33-29(24-6-3-2-4-7-24)30(37)35-28-15-14-25(18-32-28)26-19-34-36(20-26)27-8-5-9-27/h2-4,6-7,10-15,18-21,27,29,33H,5,8-9,17H2,1H3,(H,32,35,37)/t21-,29+/m0/s1. The Bertz CT molecular complexity index is 1370. The normalized spacial score (nSPS) is 14.8. The number of aromatic nitrogens is 3. The third-order valence-electron chi connectivity index (χ3n) is 7.03. The molecule has 2 heterocycles. The Labute approximate surface area is 217 Å². The van der Waals surface area contributed by atoms with E-state index in [9.17, 15) is 4.79 Å². The molecule has 0 spiro atoms. The number of hydrogen-bond acceptors (Lipinski definition) is 5. The molecule has 2 aromatic carbocycles. The maximum atomic E-state index is 13.4. The lowest BCUT2D eigenvalue weighted by Crippen LogP contribution is -2.35. The van der Waals surface area contributed by atoms with Crippen molar-refractivity contribution < 1.29 is 4.79 Å². The predicted octanol–water partition coefficient (Wildman–Crippen LogP) is 5.61. The van der Waals surface area contributed by atoms with Gasteiger partial charge in [0.1, 0.15) is 11.9 Å². The molecule has 0 saturated heterocycles. The van der Waals surface area contributed by atoms with E-state index in [2.05, 4.69) is 39.9 Å². The van der Waals surface area contributed by atoms with Crippen LogP contribution in [0.1, 0.15) is 60.9 Å². The molecule has 2 atom stereocenters. The van der Waals surface area contributed by atoms with Crippen LogP contribution in [0.4, 0.5) is 5.82 Å². The Hall–Kier alpha value is -4.28. The summed E-state index contributed by atoms with van der Waals surface area (Å²) in [6, 6.07) is 23.2. The minimum absolute atomic E-state index is 0.157. The van der Waals surface area contributed by atoms with Gasteiger partial charge in [-0.3, -0.25) is 9.48 Å². The van der Waals surface area contributed by atoms with Gasteiger partial charge in [-0.15, -0.1) is 0 Å². The van der Waals surface area contributed by atoms with E-state index in [0.717, 1.165) is 22.3 Å². The number of nitrogens with one attached hydrogen (secondary N) is 2. The number of pyridine rings is 1. The second-order valence-corrected chi connectivity index (χ2v) is 9.60. The molecule has 7 nitrogen and oxygen atoms in total. The molecule has 0 bridgehead atoms. The van der Waals surface area contributed by atoms with Gasteiger partial charge in [0.2, 0.25) is 5.91 Å². The highest BCUT2D eigenvalue weighted by Crippen LogP contribution is 2.32. The number of carbonyl (C=O) groups is 1. The van der Waals surface area contributed by atoms with Gasteiger partial charge in [0.15, 0.2) is 0 Å². The van der Waals surface area contributed by atoms with Crippen LogP contribution in [0.3, 0.4) is 0 Å². The molecule has 1 fully saturated rings. The summed E-state index contributed by atoms with van der Waals surface area (Å²) >= 11 is 0. The van der Waals surface area contributed by atoms with Crippen molar-refractivity contribution in [2.24, 2.45) is 0 Å². The van der Waals surface area contributed by atoms with E-state index in [1.807, 2.05) is 77.6 Å². The van der Waals surface area contributed by atoms with Crippen LogP contribution >= 0.6 is 0 Å². The quantitative estimate of drug-likeness (QED) is 0.318. The van der Waals surface area contributed by atoms with Crippen molar-refractivity contribution >= 4 is 11.7 Å². The maximum absolute atomic E-state index is 13.4. The van der Waals surface area contributed by atoms with Gasteiger partial charge >= 0.3 is 0 Å². The molecular weight excluding hydrogens is 460 g/mol. The molecular formula is C30H30N6O. The number of benzene rings is 2. The zero-order chi connectivity index (χ0) is 25.6. The summed E-state index contributed by atoms with van der Waals surface area (Å²) in [4.78, 5) is 17.9. The monoisotopic (exact) mass is 490 g/mol. The highest BCUT2D eigenvalue weighted by Gasteiger charge is 2.22. The predicted molar refractivity (Wildman–Crippen MR) is 144 cm³/mol. The lowest BCUT2D eigenvalue weighted by atomic mass is 9.93. The maximum Gasteiger partial charge on any atom is 0.247 e. The number of amides is 1. The molecule has 0 aliphatic heterocycles. The summed E-state index contributed by atoms with van der Waals surface area (Å²) in [5.41, 5.74) is 4.62. The van der Waals surface area contributed by atoms with Gasteiger partial charge in [-0.25, -0.2) is 4.98 Å². The average Bonchev–Trinajstić information content (AvgIpc) is 3.38. The largest absolute Gasteiger partial charge is 0.309 e. The zero-order valence-corrected chi connectivity index (χ0v) is 20.8. The van der Waals surface area contributed by atoms with Gasteiger partial charge in [0, 0.05) is 30.1 Å². The number of anilines is 1. The molecule has 7 heteroatoms. The van der Waals surface area contributed by atoms with Gasteiger partial charge in [-0.05, 0) is 60.6 Å². The first-order valence-electron chi connectivity index (χ1n) is 12.7. The SMILES string of the molecule is C[C@@H](CN[C@@H](C(=O)Nc1ccc(-c2cnn(C3CCC3)c2)cn1)c1ccccc1)c1ccc(C#N)cc1. The Morgan fingerprint density at radius 3 is 2.46 bits per heavy atom. The van der Waals surface area contributed by atoms with Crippen LogP contribution in [0.5, 0.6) is 0 Å². The molecule has 37 heavy (non-hydrogen) atoms. The smallest absolute Gasteiger partial charge is 0.247 e. The first kappa shape index (κ1) is 24.4. The summed E-state index contributed by atoms with van der Waals surface area (Å²) in [6.07, 6.45) is 9.36. The van der Waals surface area contributed by atoms with Crippen molar-refractivity contribution in [3.63, 3.8) is 0 Å². The van der Waals surface area contributed by atoms with Crippen LogP contribution in [0.2, 0.25) is 0 Å². The van der Waals surface area contributed by atoms with Gasteiger partial charge < -0.3 is 10.6 Å². The molecule has 186 valence electrons. The summed E-state index contributed by atoms with van der Waals surface area (Å²) in [7, 11) is 0. The summed E-state index contributed by atoms with van der Waals surface area (Å²) in [5.74, 6) is 0.490. The molecule has 1 amide bonds. The molecule has 1 saturated carbocycles. The lowest BCUT2D eigenvalue weighted by molar-refractivity contribution is -0.118. The Morgan fingerprint density at radius 1 is 1.03 bits per heavy atom. The van der Waals surface area contributed by atoms with Crippen LogP contribution in [0.25, 0.3) is 11.1 Å². The van der Waals surface area contributed by atoms with Crippen molar-refractivity contribution in [1.29, 1.82) is 5.26 Å². The van der Waals surface area contributed by atoms with E-state index in [1.54, 1.807) is 6.20 Å². The van der Waals surface area contributed by atoms with Crippen LogP contribution in [0.15, 0.2) is 85.3 Å². The third kappa shape index (κ3) is 5.76. The second-order valence-electron chi connectivity index (χ2n) is 9.60. The second kappa shape index (κ2) is 11.2. The van der Waals surface area contributed by atoms with Crippen LogP contribution in [0, 0.1) is 11.3 Å². The highest BCUT2D eigenvalue weighted by molar-refractivity contribution is 5.95. The highest BCUT2D eigenvalue weighted by atomic mass is 16.2. The Balaban J connectivity index is 1.25. The third-order valence-corrected chi connectivity index (χ3v) is 7.03. The summed E-state index contributed by atoms with van der Waals surface area (Å²) < 4.78 is 2.05. The minimum atomic E-state index is -0.538. The van der Waals surface area contributed by atoms with Crippen molar-refractivity contribution in [3.8, 4) is 17.2 Å². The minimum Gasteiger partial charge on any atom is -0.309 e. The van der Waals surface area contributed by atoms with Gasteiger partial charge in [0.05, 0.1) is 23.9 Å². The van der Waals surface area contributed by atoms with E-state index < -0.39 is 6.04 Å². The van der Waals surface area contributed by atoms with Crippen LogP contribution in [-0.2, 0) is 4.79 Å². The van der Waals surface area contributed by atoms with Gasteiger partial charge in [-0.1, -0.05) is 49.4 Å². The van der Waals surface area contributed by atoms with Crippen molar-refractivity contribution in [3.05, 3.63) is 102 Å². The van der Waals surface area contributed by atoms with Crippen LogP contribution < -0.4 is 10.6 Å². The zero-order valence-electron chi connectivity index (χ0n) is 20.8. The van der Waals surface area contributed by atoms with Crippen molar-refractivity contribution in [2.45, 2.75) is 44.2 Å².